The van der Waals surface area contributed by atoms with Crippen LogP contribution in [-0.2, 0) is 16.8 Å². The van der Waals surface area contributed by atoms with Gasteiger partial charge < -0.3 is 26.4 Å². The molecule has 1 aromatic rings. The summed E-state index contributed by atoms with van der Waals surface area (Å²) in [6.07, 6.45) is 0. The van der Waals surface area contributed by atoms with Crippen molar-refractivity contribution in [2.24, 2.45) is 0 Å². The SMILES string of the molecule is CO[Si](O[Si](C)(C)O)(O[Si](C)(C)O[Si](C)(C)O)c1ccccc1. The summed E-state index contributed by atoms with van der Waals surface area (Å²) in [6.45, 7) is 10.4. The topological polar surface area (TPSA) is 77.4 Å². The molecule has 23 heavy (non-hydrogen) atoms. The fourth-order valence-corrected chi connectivity index (χ4v) is 15.8. The lowest BCUT2D eigenvalue weighted by molar-refractivity contribution is 0.179. The Morgan fingerprint density at radius 2 is 1.22 bits per heavy atom. The summed E-state index contributed by atoms with van der Waals surface area (Å²) >= 11 is 0. The molecule has 0 saturated heterocycles. The van der Waals surface area contributed by atoms with Gasteiger partial charge in [0.05, 0.1) is 0 Å². The fourth-order valence-electron chi connectivity index (χ4n) is 2.26. The molecule has 0 aliphatic heterocycles. The second kappa shape index (κ2) is 7.39. The molecule has 0 radical (unpaired) electrons. The summed E-state index contributed by atoms with van der Waals surface area (Å²) in [5, 5.41) is 0.763. The summed E-state index contributed by atoms with van der Waals surface area (Å²) in [7, 11) is -10.3. The molecule has 10 heteroatoms. The Kier molecular flexibility index (Phi) is 6.71. The Hall–Kier alpha value is -0.152. The fraction of sp³-hybridized carbons (Fsp3) is 0.538. The molecule has 0 aliphatic rings. The second-order valence-corrected chi connectivity index (χ2v) is 19.9. The van der Waals surface area contributed by atoms with Gasteiger partial charge in [0.1, 0.15) is 0 Å². The molecule has 0 heterocycles. The summed E-state index contributed by atoms with van der Waals surface area (Å²) in [4.78, 5) is 20.4. The summed E-state index contributed by atoms with van der Waals surface area (Å²) in [5.41, 5.74) is 0. The number of hydrogen-bond acceptors (Lipinski definition) is 6. The standard InChI is InChI=1S/C13H28O6Si4/c1-16-23(18-21(4,5)15,13-11-9-8-10-12-13)19-22(6,7)17-20(2,3)14/h8-12,14-15H,1-7H3. The largest absolute Gasteiger partial charge is 0.519 e. The van der Waals surface area contributed by atoms with E-state index in [1.165, 1.54) is 7.11 Å². The van der Waals surface area contributed by atoms with Crippen molar-refractivity contribution in [2.75, 3.05) is 7.11 Å². The molecular formula is C13H28O6Si4. The first kappa shape index (κ1) is 20.9. The zero-order chi connectivity index (χ0) is 17.9. The Bertz CT molecular complexity index is 499. The van der Waals surface area contributed by atoms with E-state index in [2.05, 4.69) is 0 Å². The quantitative estimate of drug-likeness (QED) is 0.655. The van der Waals surface area contributed by atoms with E-state index in [4.69, 9.17) is 16.8 Å². The molecule has 6 nitrogen and oxygen atoms in total. The van der Waals surface area contributed by atoms with Gasteiger partial charge in [-0.05, 0) is 39.3 Å². The Morgan fingerprint density at radius 3 is 1.61 bits per heavy atom. The van der Waals surface area contributed by atoms with Crippen LogP contribution in [0.25, 0.3) is 0 Å². The molecular weight excluding hydrogens is 364 g/mol. The van der Waals surface area contributed by atoms with E-state index >= 15 is 0 Å². The normalized spacial score (nSPS) is 16.2. The zero-order valence-corrected chi connectivity index (χ0v) is 18.9. The van der Waals surface area contributed by atoms with Crippen molar-refractivity contribution in [3.05, 3.63) is 30.3 Å². The zero-order valence-electron chi connectivity index (χ0n) is 14.9. The van der Waals surface area contributed by atoms with E-state index in [0.29, 0.717) is 0 Å². The number of hydrogen-bond donors (Lipinski definition) is 2. The van der Waals surface area contributed by atoms with Gasteiger partial charge in [-0.25, -0.2) is 0 Å². The van der Waals surface area contributed by atoms with Crippen molar-refractivity contribution in [2.45, 2.75) is 39.3 Å². The van der Waals surface area contributed by atoms with Crippen LogP contribution in [0.3, 0.4) is 0 Å². The molecule has 1 rings (SSSR count). The van der Waals surface area contributed by atoms with Crippen molar-refractivity contribution >= 4 is 39.7 Å². The van der Waals surface area contributed by atoms with Crippen LogP contribution in [0.4, 0.5) is 0 Å². The molecule has 0 fully saturated rings. The van der Waals surface area contributed by atoms with Crippen molar-refractivity contribution in [3.8, 4) is 0 Å². The molecule has 1 unspecified atom stereocenters. The monoisotopic (exact) mass is 392 g/mol. The molecule has 0 spiro atoms. The molecule has 0 amide bonds. The third kappa shape index (κ3) is 7.09. The predicted octanol–water partition coefficient (Wildman–Crippen LogP) is 1.62. The molecule has 0 aliphatic carbocycles. The third-order valence-electron chi connectivity index (χ3n) is 2.66. The van der Waals surface area contributed by atoms with E-state index in [9.17, 15) is 9.59 Å². The van der Waals surface area contributed by atoms with Crippen LogP contribution in [0.2, 0.25) is 39.3 Å². The van der Waals surface area contributed by atoms with Gasteiger partial charge in [0.2, 0.25) is 0 Å². The van der Waals surface area contributed by atoms with Crippen molar-refractivity contribution < 1.29 is 26.4 Å². The predicted molar refractivity (Wildman–Crippen MR) is 99.0 cm³/mol. The molecule has 2 N–H and O–H groups in total. The number of benzene rings is 1. The molecule has 132 valence electrons. The maximum absolute atomic E-state index is 10.3. The number of rotatable bonds is 8. The average Bonchev–Trinajstić information content (AvgIpc) is 2.34. The summed E-state index contributed by atoms with van der Waals surface area (Å²) in [5.74, 6) is 0. The van der Waals surface area contributed by atoms with Gasteiger partial charge >= 0.3 is 34.5 Å². The first-order valence-corrected chi connectivity index (χ1v) is 17.7. The van der Waals surface area contributed by atoms with Crippen molar-refractivity contribution in [3.63, 3.8) is 0 Å². The minimum Gasteiger partial charge on any atom is -0.415 e. The smallest absolute Gasteiger partial charge is 0.415 e. The molecule has 0 saturated carbocycles. The summed E-state index contributed by atoms with van der Waals surface area (Å²) in [6, 6.07) is 9.36. The first-order valence-electron chi connectivity index (χ1n) is 7.45. The highest BCUT2D eigenvalue weighted by molar-refractivity contribution is 6.91. The summed E-state index contributed by atoms with van der Waals surface area (Å²) < 4.78 is 23.8. The molecule has 1 aromatic carbocycles. The minimum absolute atomic E-state index is 0.763. The highest BCUT2D eigenvalue weighted by Gasteiger charge is 2.52. The maximum Gasteiger partial charge on any atom is 0.519 e. The van der Waals surface area contributed by atoms with Crippen LogP contribution >= 0.6 is 0 Å². The molecule has 1 atom stereocenters. The van der Waals surface area contributed by atoms with Gasteiger partial charge in [0, 0.05) is 12.3 Å². The lowest BCUT2D eigenvalue weighted by Crippen LogP contribution is -2.66. The van der Waals surface area contributed by atoms with E-state index in [0.717, 1.165) is 5.19 Å². The van der Waals surface area contributed by atoms with Gasteiger partial charge in [-0.15, -0.1) is 0 Å². The lowest BCUT2D eigenvalue weighted by atomic mass is 10.4. The van der Waals surface area contributed by atoms with Gasteiger partial charge in [-0.2, -0.15) is 0 Å². The highest BCUT2D eigenvalue weighted by Crippen LogP contribution is 2.23. The van der Waals surface area contributed by atoms with Crippen LogP contribution < -0.4 is 5.19 Å². The van der Waals surface area contributed by atoms with E-state index in [1.807, 2.05) is 43.4 Å². The Labute approximate surface area is 143 Å². The van der Waals surface area contributed by atoms with Crippen LogP contribution in [0.5, 0.6) is 0 Å². The van der Waals surface area contributed by atoms with Gasteiger partial charge in [-0.1, -0.05) is 30.3 Å². The van der Waals surface area contributed by atoms with Crippen LogP contribution in [0, 0.1) is 0 Å². The van der Waals surface area contributed by atoms with Gasteiger partial charge in [-0.3, -0.25) is 0 Å². The maximum atomic E-state index is 10.3. The highest BCUT2D eigenvalue weighted by atomic mass is 28.5. The lowest BCUT2D eigenvalue weighted by Gasteiger charge is -2.39. The van der Waals surface area contributed by atoms with E-state index in [-0.39, 0.29) is 0 Å². The second-order valence-electron chi connectivity index (χ2n) is 6.73. The first-order chi connectivity index (χ1) is 10.3. The van der Waals surface area contributed by atoms with Crippen LogP contribution in [-0.4, -0.2) is 51.2 Å². The van der Waals surface area contributed by atoms with Crippen molar-refractivity contribution in [1.29, 1.82) is 0 Å². The Morgan fingerprint density at radius 1 is 0.739 bits per heavy atom. The van der Waals surface area contributed by atoms with Crippen LogP contribution in [0.1, 0.15) is 0 Å². The molecule has 0 bridgehead atoms. The van der Waals surface area contributed by atoms with E-state index < -0.39 is 34.5 Å². The van der Waals surface area contributed by atoms with E-state index in [1.54, 1.807) is 26.2 Å². The molecule has 0 aromatic heterocycles. The third-order valence-corrected chi connectivity index (χ3v) is 14.3. The van der Waals surface area contributed by atoms with Crippen LogP contribution in [0.15, 0.2) is 30.3 Å². The van der Waals surface area contributed by atoms with Gasteiger partial charge in [0.25, 0.3) is 0 Å². The van der Waals surface area contributed by atoms with Crippen molar-refractivity contribution in [1.82, 2.24) is 0 Å². The van der Waals surface area contributed by atoms with Gasteiger partial charge in [0.15, 0.2) is 0 Å². The Balaban J connectivity index is 3.24. The minimum atomic E-state index is -3.36. The average molecular weight is 393 g/mol.